The van der Waals surface area contributed by atoms with Gasteiger partial charge < -0.3 is 29.1 Å². The second-order valence-electron chi connectivity index (χ2n) is 8.64. The lowest BCUT2D eigenvalue weighted by atomic mass is 10.1. The fourth-order valence-electron chi connectivity index (χ4n) is 4.69. The minimum absolute atomic E-state index is 0.0823. The lowest BCUT2D eigenvalue weighted by Crippen LogP contribution is -2.53. The summed E-state index contributed by atoms with van der Waals surface area (Å²) in [6.45, 7) is 1.09. The number of hydrogen-bond donors (Lipinski definition) is 1. The van der Waals surface area contributed by atoms with Crippen LogP contribution in [-0.2, 0) is 9.59 Å². The third-order valence-corrected chi connectivity index (χ3v) is 6.47. The molecule has 4 rings (SSSR count). The van der Waals surface area contributed by atoms with Gasteiger partial charge in [0.15, 0.2) is 6.61 Å². The Labute approximate surface area is 200 Å². The average Bonchev–Trinajstić information content (AvgIpc) is 3.57. The number of benzene rings is 2. The topological polar surface area (TPSA) is 88.5 Å². The maximum absolute atomic E-state index is 13.4. The van der Waals surface area contributed by atoms with E-state index in [4.69, 9.17) is 14.2 Å². The number of rotatable bonds is 9. The predicted molar refractivity (Wildman–Crippen MR) is 126 cm³/mol. The number of likely N-dealkylation sites (tertiary alicyclic amines) is 2. The van der Waals surface area contributed by atoms with Crippen LogP contribution in [0.25, 0.3) is 0 Å². The van der Waals surface area contributed by atoms with Gasteiger partial charge in [-0.2, -0.15) is 0 Å². The Kier molecular flexibility index (Phi) is 7.90. The molecule has 0 spiro atoms. The van der Waals surface area contributed by atoms with Gasteiger partial charge in [0.2, 0.25) is 5.91 Å². The second-order valence-corrected chi connectivity index (χ2v) is 8.64. The van der Waals surface area contributed by atoms with Crippen molar-refractivity contribution in [3.63, 3.8) is 0 Å². The number of ether oxygens (including phenoxy) is 3. The second kappa shape index (κ2) is 11.2. The molecule has 0 aliphatic carbocycles. The molecule has 3 atom stereocenters. The standard InChI is InChI=1S/C26H32N2O6/c1-32-19-11-13-21(14-12-19)33-17-24(29)22-9-5-16-28(22)26(31)23-10-6-15-27(23)25(30)18-34-20-7-3-2-4-8-20/h2-4,7-8,11-14,22-24,29H,5-6,9-10,15-18H2,1H3/t22-,23-,24?/m0/s1. The van der Waals surface area contributed by atoms with Gasteiger partial charge >= 0.3 is 0 Å². The molecule has 8 nitrogen and oxygen atoms in total. The van der Waals surface area contributed by atoms with Crippen LogP contribution >= 0.6 is 0 Å². The van der Waals surface area contributed by atoms with E-state index in [1.165, 1.54) is 0 Å². The van der Waals surface area contributed by atoms with E-state index in [9.17, 15) is 14.7 Å². The van der Waals surface area contributed by atoms with E-state index in [-0.39, 0.29) is 31.1 Å². The summed E-state index contributed by atoms with van der Waals surface area (Å²) < 4.78 is 16.5. The number of para-hydroxylation sites is 1. The summed E-state index contributed by atoms with van der Waals surface area (Å²) in [5.74, 6) is 1.68. The average molecular weight is 469 g/mol. The highest BCUT2D eigenvalue weighted by Crippen LogP contribution is 2.27. The van der Waals surface area contributed by atoms with Crippen molar-refractivity contribution < 1.29 is 28.9 Å². The van der Waals surface area contributed by atoms with Crippen molar-refractivity contribution in [2.45, 2.75) is 43.9 Å². The van der Waals surface area contributed by atoms with Crippen molar-refractivity contribution in [3.05, 3.63) is 54.6 Å². The van der Waals surface area contributed by atoms with Gasteiger partial charge in [0, 0.05) is 13.1 Å². The van der Waals surface area contributed by atoms with Crippen LogP contribution in [0.15, 0.2) is 54.6 Å². The molecule has 2 aromatic carbocycles. The minimum atomic E-state index is -0.819. The molecule has 2 aromatic rings. The third kappa shape index (κ3) is 5.62. The van der Waals surface area contributed by atoms with Crippen molar-refractivity contribution in [1.82, 2.24) is 9.80 Å². The number of nitrogens with zero attached hydrogens (tertiary/aromatic N) is 2. The Hall–Kier alpha value is -3.26. The van der Waals surface area contributed by atoms with E-state index < -0.39 is 12.1 Å². The molecule has 2 fully saturated rings. The molecule has 2 saturated heterocycles. The molecule has 2 heterocycles. The van der Waals surface area contributed by atoms with E-state index in [1.807, 2.05) is 18.2 Å². The highest BCUT2D eigenvalue weighted by molar-refractivity contribution is 5.89. The summed E-state index contributed by atoms with van der Waals surface area (Å²) in [6, 6.07) is 15.5. The summed E-state index contributed by atoms with van der Waals surface area (Å²) in [5.41, 5.74) is 0. The molecule has 1 N–H and O–H groups in total. The van der Waals surface area contributed by atoms with Crippen molar-refractivity contribution in [2.75, 3.05) is 33.4 Å². The van der Waals surface area contributed by atoms with E-state index >= 15 is 0 Å². The fourth-order valence-corrected chi connectivity index (χ4v) is 4.69. The number of amides is 2. The molecule has 0 bridgehead atoms. The maximum atomic E-state index is 13.4. The molecular formula is C26H32N2O6. The maximum Gasteiger partial charge on any atom is 0.261 e. The Morgan fingerprint density at radius 3 is 2.29 bits per heavy atom. The van der Waals surface area contributed by atoms with Crippen molar-refractivity contribution in [3.8, 4) is 17.2 Å². The number of carbonyl (C=O) groups excluding carboxylic acids is 2. The number of hydrogen-bond acceptors (Lipinski definition) is 6. The Morgan fingerprint density at radius 2 is 1.56 bits per heavy atom. The smallest absolute Gasteiger partial charge is 0.261 e. The number of methoxy groups -OCH3 is 1. The SMILES string of the molecule is COc1ccc(OCC(O)[C@@H]2CCCN2C(=O)[C@@H]2CCCN2C(=O)COc2ccccc2)cc1. The van der Waals surface area contributed by atoms with Gasteiger partial charge in [-0.3, -0.25) is 9.59 Å². The number of aliphatic hydroxyl groups excluding tert-OH is 1. The first-order valence-electron chi connectivity index (χ1n) is 11.8. The lowest BCUT2D eigenvalue weighted by Gasteiger charge is -2.33. The minimum Gasteiger partial charge on any atom is -0.497 e. The summed E-state index contributed by atoms with van der Waals surface area (Å²) in [5, 5.41) is 10.8. The Balaban J connectivity index is 1.33. The van der Waals surface area contributed by atoms with Gasteiger partial charge in [0.25, 0.3) is 5.91 Å². The molecular weight excluding hydrogens is 436 g/mol. The Morgan fingerprint density at radius 1 is 0.912 bits per heavy atom. The molecule has 182 valence electrons. The first kappa shape index (κ1) is 23.9. The fraction of sp³-hybridized carbons (Fsp3) is 0.462. The van der Waals surface area contributed by atoms with E-state index in [1.54, 1.807) is 53.3 Å². The van der Waals surface area contributed by atoms with Gasteiger partial charge in [0.1, 0.15) is 36.0 Å². The largest absolute Gasteiger partial charge is 0.497 e. The summed E-state index contributed by atoms with van der Waals surface area (Å²) in [6.07, 6.45) is 2.09. The third-order valence-electron chi connectivity index (χ3n) is 6.47. The van der Waals surface area contributed by atoms with E-state index in [2.05, 4.69) is 0 Å². The summed E-state index contributed by atoms with van der Waals surface area (Å²) >= 11 is 0. The zero-order chi connectivity index (χ0) is 23.9. The summed E-state index contributed by atoms with van der Waals surface area (Å²) in [4.78, 5) is 29.6. The van der Waals surface area contributed by atoms with Crippen LogP contribution in [0, 0.1) is 0 Å². The van der Waals surface area contributed by atoms with Gasteiger partial charge in [-0.25, -0.2) is 0 Å². The molecule has 34 heavy (non-hydrogen) atoms. The molecule has 2 aliphatic rings. The highest BCUT2D eigenvalue weighted by atomic mass is 16.5. The van der Waals surface area contributed by atoms with Crippen LogP contribution in [0.5, 0.6) is 17.2 Å². The molecule has 0 aromatic heterocycles. The molecule has 1 unspecified atom stereocenters. The number of aliphatic hydroxyl groups is 1. The van der Waals surface area contributed by atoms with Gasteiger partial charge in [0.05, 0.1) is 13.2 Å². The highest BCUT2D eigenvalue weighted by Gasteiger charge is 2.42. The van der Waals surface area contributed by atoms with Crippen LogP contribution in [0.4, 0.5) is 0 Å². The van der Waals surface area contributed by atoms with Crippen LogP contribution in [0.1, 0.15) is 25.7 Å². The van der Waals surface area contributed by atoms with Gasteiger partial charge in [-0.15, -0.1) is 0 Å². The van der Waals surface area contributed by atoms with Crippen LogP contribution < -0.4 is 14.2 Å². The molecule has 2 aliphatic heterocycles. The molecule has 2 amide bonds. The first-order valence-corrected chi connectivity index (χ1v) is 11.8. The predicted octanol–water partition coefficient (Wildman–Crippen LogP) is 2.50. The zero-order valence-corrected chi connectivity index (χ0v) is 19.5. The lowest BCUT2D eigenvalue weighted by molar-refractivity contribution is -0.146. The van der Waals surface area contributed by atoms with E-state index in [0.29, 0.717) is 37.4 Å². The van der Waals surface area contributed by atoms with Crippen molar-refractivity contribution in [1.29, 1.82) is 0 Å². The van der Waals surface area contributed by atoms with E-state index in [0.717, 1.165) is 18.6 Å². The molecule has 8 heteroatoms. The quantitative estimate of drug-likeness (QED) is 0.608. The van der Waals surface area contributed by atoms with Crippen molar-refractivity contribution in [2.24, 2.45) is 0 Å². The first-order chi connectivity index (χ1) is 16.6. The normalized spacial score (nSPS) is 20.8. The molecule has 0 radical (unpaired) electrons. The summed E-state index contributed by atoms with van der Waals surface area (Å²) in [7, 11) is 1.60. The molecule has 0 saturated carbocycles. The monoisotopic (exact) mass is 468 g/mol. The number of carbonyl (C=O) groups is 2. The van der Waals surface area contributed by atoms with Gasteiger partial charge in [-0.05, 0) is 62.1 Å². The Bertz CT molecular complexity index is 952. The van der Waals surface area contributed by atoms with Crippen LogP contribution in [0.2, 0.25) is 0 Å². The van der Waals surface area contributed by atoms with Gasteiger partial charge in [-0.1, -0.05) is 18.2 Å². The van der Waals surface area contributed by atoms with Crippen LogP contribution in [0.3, 0.4) is 0 Å². The van der Waals surface area contributed by atoms with Crippen LogP contribution in [-0.4, -0.2) is 78.3 Å². The van der Waals surface area contributed by atoms with Crippen molar-refractivity contribution >= 4 is 11.8 Å². The zero-order valence-electron chi connectivity index (χ0n) is 19.5.